The van der Waals surface area contributed by atoms with Gasteiger partial charge in [0.25, 0.3) is 5.91 Å². The van der Waals surface area contributed by atoms with Gasteiger partial charge in [-0.25, -0.2) is 0 Å². The minimum atomic E-state index is -0.343. The Bertz CT molecular complexity index is 684. The summed E-state index contributed by atoms with van der Waals surface area (Å²) < 4.78 is 5.70. The third-order valence-electron chi connectivity index (χ3n) is 3.94. The molecule has 2 N–H and O–H groups in total. The molecule has 5 nitrogen and oxygen atoms in total. The molecule has 5 heteroatoms. The lowest BCUT2D eigenvalue weighted by Gasteiger charge is -2.09. The SMILES string of the molecule is CCCCCC(=O)NNC(=O)c1ccc(OCCc2ccccc2)cc1. The van der Waals surface area contributed by atoms with E-state index in [-0.39, 0.29) is 11.8 Å². The van der Waals surface area contributed by atoms with E-state index in [4.69, 9.17) is 4.74 Å². The molecule has 0 aliphatic carbocycles. The zero-order chi connectivity index (χ0) is 18.6. The maximum absolute atomic E-state index is 12.0. The third-order valence-corrected chi connectivity index (χ3v) is 3.94. The molecule has 0 heterocycles. The lowest BCUT2D eigenvalue weighted by atomic mass is 10.2. The van der Waals surface area contributed by atoms with E-state index >= 15 is 0 Å². The number of carbonyl (C=O) groups excluding carboxylic acids is 2. The predicted molar refractivity (Wildman–Crippen MR) is 102 cm³/mol. The quantitative estimate of drug-likeness (QED) is 0.533. The molecule has 0 unspecified atom stereocenters. The van der Waals surface area contributed by atoms with E-state index in [1.54, 1.807) is 24.3 Å². The molecule has 0 aliphatic heterocycles. The fourth-order valence-corrected chi connectivity index (χ4v) is 2.43. The van der Waals surface area contributed by atoms with Crippen LogP contribution in [0.2, 0.25) is 0 Å². The molecule has 0 atom stereocenters. The molecule has 0 saturated heterocycles. The summed E-state index contributed by atoms with van der Waals surface area (Å²) in [4.78, 5) is 23.6. The number of nitrogens with one attached hydrogen (secondary N) is 2. The highest BCUT2D eigenvalue weighted by molar-refractivity contribution is 5.95. The number of amides is 2. The molecule has 138 valence electrons. The summed E-state index contributed by atoms with van der Waals surface area (Å²) in [6.07, 6.45) is 4.13. The first-order chi connectivity index (χ1) is 12.7. The number of benzene rings is 2. The van der Waals surface area contributed by atoms with Crippen molar-refractivity contribution in [2.24, 2.45) is 0 Å². The van der Waals surface area contributed by atoms with Crippen molar-refractivity contribution in [2.45, 2.75) is 39.0 Å². The highest BCUT2D eigenvalue weighted by atomic mass is 16.5. The summed E-state index contributed by atoms with van der Waals surface area (Å²) in [7, 11) is 0. The second kappa shape index (κ2) is 10.9. The van der Waals surface area contributed by atoms with E-state index in [1.165, 1.54) is 5.56 Å². The lowest BCUT2D eigenvalue weighted by molar-refractivity contribution is -0.121. The van der Waals surface area contributed by atoms with Crippen LogP contribution in [0.5, 0.6) is 5.75 Å². The van der Waals surface area contributed by atoms with Crippen molar-refractivity contribution in [3.63, 3.8) is 0 Å². The molecule has 0 fully saturated rings. The Morgan fingerprint density at radius 3 is 2.35 bits per heavy atom. The van der Waals surface area contributed by atoms with Crippen molar-refractivity contribution in [3.8, 4) is 5.75 Å². The highest BCUT2D eigenvalue weighted by Crippen LogP contribution is 2.13. The fraction of sp³-hybridized carbons (Fsp3) is 0.333. The van der Waals surface area contributed by atoms with Crippen molar-refractivity contribution in [2.75, 3.05) is 6.61 Å². The van der Waals surface area contributed by atoms with Crippen molar-refractivity contribution in [1.82, 2.24) is 10.9 Å². The zero-order valence-corrected chi connectivity index (χ0v) is 15.2. The van der Waals surface area contributed by atoms with Gasteiger partial charge in [-0.05, 0) is 36.2 Å². The van der Waals surface area contributed by atoms with Crippen LogP contribution in [0.15, 0.2) is 54.6 Å². The fourth-order valence-electron chi connectivity index (χ4n) is 2.43. The van der Waals surface area contributed by atoms with Crippen LogP contribution in [0.1, 0.15) is 48.5 Å². The van der Waals surface area contributed by atoms with Crippen molar-refractivity contribution in [3.05, 3.63) is 65.7 Å². The molecule has 2 rings (SSSR count). The predicted octanol–water partition coefficient (Wildman–Crippen LogP) is 3.65. The Balaban J connectivity index is 1.72. The van der Waals surface area contributed by atoms with Crippen molar-refractivity contribution < 1.29 is 14.3 Å². The summed E-state index contributed by atoms with van der Waals surface area (Å²) in [5, 5.41) is 0. The van der Waals surface area contributed by atoms with Crippen LogP contribution in [-0.4, -0.2) is 18.4 Å². The summed E-state index contributed by atoms with van der Waals surface area (Å²) in [5.74, 6) is 0.193. The molecule has 0 bridgehead atoms. The normalized spacial score (nSPS) is 10.2. The average molecular weight is 354 g/mol. The van der Waals surface area contributed by atoms with Gasteiger partial charge in [-0.2, -0.15) is 0 Å². The van der Waals surface area contributed by atoms with Gasteiger partial charge in [-0.3, -0.25) is 20.4 Å². The molecule has 0 aromatic heterocycles. The first-order valence-electron chi connectivity index (χ1n) is 9.05. The molecule has 26 heavy (non-hydrogen) atoms. The van der Waals surface area contributed by atoms with Gasteiger partial charge in [0.2, 0.25) is 5.91 Å². The van der Waals surface area contributed by atoms with Crippen LogP contribution in [0, 0.1) is 0 Å². The van der Waals surface area contributed by atoms with Gasteiger partial charge in [0.05, 0.1) is 6.61 Å². The van der Waals surface area contributed by atoms with Gasteiger partial charge in [-0.15, -0.1) is 0 Å². The maximum atomic E-state index is 12.0. The minimum Gasteiger partial charge on any atom is -0.493 e. The van der Waals surface area contributed by atoms with Gasteiger partial charge in [0.1, 0.15) is 5.75 Å². The van der Waals surface area contributed by atoms with Crippen LogP contribution in [0.25, 0.3) is 0 Å². The summed E-state index contributed by atoms with van der Waals surface area (Å²) in [5.41, 5.74) is 6.56. The molecular weight excluding hydrogens is 328 g/mol. The third kappa shape index (κ3) is 6.97. The maximum Gasteiger partial charge on any atom is 0.269 e. The van der Waals surface area contributed by atoms with Gasteiger partial charge in [0, 0.05) is 18.4 Å². The van der Waals surface area contributed by atoms with E-state index in [2.05, 4.69) is 29.9 Å². The number of hydrazine groups is 1. The molecule has 2 aromatic rings. The smallest absolute Gasteiger partial charge is 0.269 e. The Labute approximate surface area is 154 Å². The number of hydrogen-bond acceptors (Lipinski definition) is 3. The van der Waals surface area contributed by atoms with E-state index in [1.807, 2.05) is 18.2 Å². The number of ether oxygens (including phenoxy) is 1. The lowest BCUT2D eigenvalue weighted by Crippen LogP contribution is -2.41. The van der Waals surface area contributed by atoms with E-state index in [9.17, 15) is 9.59 Å². The van der Waals surface area contributed by atoms with Crippen LogP contribution in [0.4, 0.5) is 0 Å². The van der Waals surface area contributed by atoms with Gasteiger partial charge >= 0.3 is 0 Å². The molecule has 2 aromatic carbocycles. The van der Waals surface area contributed by atoms with Crippen molar-refractivity contribution in [1.29, 1.82) is 0 Å². The Morgan fingerprint density at radius 2 is 1.65 bits per heavy atom. The molecule has 0 spiro atoms. The summed E-state index contributed by atoms with van der Waals surface area (Å²) >= 11 is 0. The first kappa shape index (κ1) is 19.5. The molecule has 0 aliphatic rings. The molecule has 0 radical (unpaired) electrons. The molecule has 2 amide bonds. The van der Waals surface area contributed by atoms with Gasteiger partial charge < -0.3 is 4.74 Å². The Kier molecular flexibility index (Phi) is 8.19. The van der Waals surface area contributed by atoms with E-state index < -0.39 is 0 Å². The highest BCUT2D eigenvalue weighted by Gasteiger charge is 2.07. The number of hydrogen-bond donors (Lipinski definition) is 2. The van der Waals surface area contributed by atoms with E-state index in [0.29, 0.717) is 24.3 Å². The van der Waals surface area contributed by atoms with Crippen LogP contribution >= 0.6 is 0 Å². The Morgan fingerprint density at radius 1 is 0.923 bits per heavy atom. The van der Waals surface area contributed by atoms with Crippen LogP contribution in [0.3, 0.4) is 0 Å². The number of rotatable bonds is 9. The second-order valence-electron chi connectivity index (χ2n) is 6.07. The standard InChI is InChI=1S/C21H26N2O3/c1-2-3-5-10-20(24)22-23-21(25)18-11-13-19(14-12-18)26-16-15-17-8-6-4-7-9-17/h4,6-9,11-14H,2-3,5,10,15-16H2,1H3,(H,22,24)(H,23,25). The topological polar surface area (TPSA) is 67.4 Å². The number of carbonyl (C=O) groups is 2. The first-order valence-corrected chi connectivity index (χ1v) is 9.05. The van der Waals surface area contributed by atoms with Gasteiger partial charge in [0.15, 0.2) is 0 Å². The number of unbranched alkanes of at least 4 members (excludes halogenated alkanes) is 2. The average Bonchev–Trinajstić information content (AvgIpc) is 2.68. The van der Waals surface area contributed by atoms with Gasteiger partial charge in [-0.1, -0.05) is 50.1 Å². The summed E-state index contributed by atoms with van der Waals surface area (Å²) in [6, 6.07) is 17.0. The largest absolute Gasteiger partial charge is 0.493 e. The van der Waals surface area contributed by atoms with Crippen molar-refractivity contribution >= 4 is 11.8 Å². The van der Waals surface area contributed by atoms with E-state index in [0.717, 1.165) is 25.7 Å². The summed E-state index contributed by atoms with van der Waals surface area (Å²) in [6.45, 7) is 2.65. The monoisotopic (exact) mass is 354 g/mol. The minimum absolute atomic E-state index is 0.173. The molecular formula is C21H26N2O3. The van der Waals surface area contributed by atoms with Crippen LogP contribution in [-0.2, 0) is 11.2 Å². The second-order valence-corrected chi connectivity index (χ2v) is 6.07. The van der Waals surface area contributed by atoms with Crippen LogP contribution < -0.4 is 15.6 Å². The zero-order valence-electron chi connectivity index (χ0n) is 15.2. The Hall–Kier alpha value is -2.82. The molecule has 0 saturated carbocycles.